The fourth-order valence-corrected chi connectivity index (χ4v) is 6.62. The SMILES string of the molecule is NCCN(CC1CCCCC1)c1cc(N2CCN(CC3CCCCC3)CC2)c(F)cc1CNNC(N)=S. The van der Waals surface area contributed by atoms with Crippen molar-refractivity contribution in [3.63, 3.8) is 0 Å². The summed E-state index contributed by atoms with van der Waals surface area (Å²) in [5, 5.41) is 0.172. The van der Waals surface area contributed by atoms with Gasteiger partial charge in [-0.1, -0.05) is 38.5 Å². The lowest BCUT2D eigenvalue weighted by atomic mass is 9.88. The average Bonchev–Trinajstić information content (AvgIpc) is 2.90. The largest absolute Gasteiger partial charge is 0.375 e. The zero-order chi connectivity index (χ0) is 26.0. The Morgan fingerprint density at radius 3 is 2.24 bits per heavy atom. The average molecular weight is 534 g/mol. The van der Waals surface area contributed by atoms with Gasteiger partial charge < -0.3 is 21.3 Å². The first kappa shape index (κ1) is 28.3. The molecule has 2 aliphatic carbocycles. The number of nitrogens with one attached hydrogen (secondary N) is 2. The number of hydrogen-bond acceptors (Lipinski definition) is 6. The molecule has 208 valence electrons. The number of thiocarbonyl (C=S) groups is 1. The molecule has 7 nitrogen and oxygen atoms in total. The number of rotatable bonds is 11. The van der Waals surface area contributed by atoms with E-state index in [1.807, 2.05) is 0 Å². The highest BCUT2D eigenvalue weighted by molar-refractivity contribution is 7.80. The third-order valence-electron chi connectivity index (χ3n) is 8.54. The molecule has 3 fully saturated rings. The van der Waals surface area contributed by atoms with Crippen molar-refractivity contribution in [2.24, 2.45) is 23.3 Å². The maximum atomic E-state index is 15.6. The smallest absolute Gasteiger partial charge is 0.178 e. The Morgan fingerprint density at radius 1 is 0.973 bits per heavy atom. The quantitative estimate of drug-likeness (QED) is 0.253. The van der Waals surface area contributed by atoms with Crippen LogP contribution in [0.1, 0.15) is 69.8 Å². The molecule has 1 heterocycles. The summed E-state index contributed by atoms with van der Waals surface area (Å²) < 4.78 is 15.6. The number of benzene rings is 1. The predicted octanol–water partition coefficient (Wildman–Crippen LogP) is 3.71. The molecule has 1 aromatic rings. The molecule has 0 aromatic heterocycles. The predicted molar refractivity (Wildman–Crippen MR) is 156 cm³/mol. The molecule has 0 atom stereocenters. The Balaban J connectivity index is 1.49. The van der Waals surface area contributed by atoms with Gasteiger partial charge in [0.15, 0.2) is 5.11 Å². The van der Waals surface area contributed by atoms with E-state index in [0.717, 1.165) is 56.4 Å². The standard InChI is InChI=1S/C28H48FN7S/c29-25-17-24(19-32-33-28(31)37)26(36(12-11-30)21-23-9-5-2-6-10-23)18-27(25)35-15-13-34(14-16-35)20-22-7-3-1-4-8-22/h17-18,22-23,32H,1-16,19-21,30H2,(H3,31,33,37). The number of nitrogens with two attached hydrogens (primary N) is 2. The van der Waals surface area contributed by atoms with Crippen LogP contribution in [0, 0.1) is 17.7 Å². The van der Waals surface area contributed by atoms with Gasteiger partial charge in [0.25, 0.3) is 0 Å². The van der Waals surface area contributed by atoms with Crippen molar-refractivity contribution >= 4 is 28.7 Å². The number of hydrogen-bond donors (Lipinski definition) is 4. The minimum Gasteiger partial charge on any atom is -0.375 e. The molecule has 37 heavy (non-hydrogen) atoms. The highest BCUT2D eigenvalue weighted by Gasteiger charge is 2.26. The summed E-state index contributed by atoms with van der Waals surface area (Å²) in [4.78, 5) is 7.21. The highest BCUT2D eigenvalue weighted by Crippen LogP contribution is 2.33. The van der Waals surface area contributed by atoms with Crippen molar-refractivity contribution in [2.45, 2.75) is 70.8 Å². The first-order chi connectivity index (χ1) is 18.0. The van der Waals surface area contributed by atoms with E-state index in [1.165, 1.54) is 70.8 Å². The van der Waals surface area contributed by atoms with Crippen molar-refractivity contribution in [1.29, 1.82) is 0 Å². The van der Waals surface area contributed by atoms with Gasteiger partial charge in [-0.3, -0.25) is 10.3 Å². The minimum absolute atomic E-state index is 0.165. The summed E-state index contributed by atoms with van der Waals surface area (Å²) in [6.45, 7) is 7.64. The van der Waals surface area contributed by atoms with Gasteiger partial charge in [-0.2, -0.15) is 0 Å². The second-order valence-electron chi connectivity index (χ2n) is 11.3. The van der Waals surface area contributed by atoms with Gasteiger partial charge in [0.05, 0.1) is 5.69 Å². The van der Waals surface area contributed by atoms with Crippen molar-refractivity contribution < 1.29 is 4.39 Å². The van der Waals surface area contributed by atoms with Crippen LogP contribution in [0.5, 0.6) is 0 Å². The molecule has 6 N–H and O–H groups in total. The summed E-state index contributed by atoms with van der Waals surface area (Å²) in [5.74, 6) is 1.34. The number of halogens is 1. The molecular weight excluding hydrogens is 485 g/mol. The molecule has 9 heteroatoms. The molecule has 0 spiro atoms. The summed E-state index contributed by atoms with van der Waals surface area (Å²) >= 11 is 4.93. The van der Waals surface area contributed by atoms with Gasteiger partial charge in [-0.15, -0.1) is 0 Å². The van der Waals surface area contributed by atoms with Gasteiger partial charge in [-0.05, 0) is 67.4 Å². The van der Waals surface area contributed by atoms with Crippen LogP contribution in [-0.2, 0) is 6.54 Å². The Kier molecular flexibility index (Phi) is 11.1. The van der Waals surface area contributed by atoms with Crippen LogP contribution in [-0.4, -0.2) is 62.4 Å². The molecule has 0 unspecified atom stereocenters. The van der Waals surface area contributed by atoms with Crippen LogP contribution in [0.4, 0.5) is 15.8 Å². The normalized spacial score (nSPS) is 20.2. The van der Waals surface area contributed by atoms with E-state index >= 15 is 4.39 Å². The molecular formula is C28H48FN7S. The van der Waals surface area contributed by atoms with Crippen molar-refractivity contribution in [2.75, 3.05) is 62.2 Å². The van der Waals surface area contributed by atoms with E-state index in [1.54, 1.807) is 6.07 Å². The lowest BCUT2D eigenvalue weighted by Crippen LogP contribution is -2.48. The maximum absolute atomic E-state index is 15.6. The van der Waals surface area contributed by atoms with E-state index < -0.39 is 0 Å². The Labute approximate surface area is 228 Å². The van der Waals surface area contributed by atoms with Crippen molar-refractivity contribution in [3.8, 4) is 0 Å². The lowest BCUT2D eigenvalue weighted by Gasteiger charge is -2.39. The van der Waals surface area contributed by atoms with Crippen molar-refractivity contribution in [1.82, 2.24) is 15.8 Å². The summed E-state index contributed by atoms with van der Waals surface area (Å²) in [6.07, 6.45) is 13.3. The second kappa shape index (κ2) is 14.5. The molecule has 4 rings (SSSR count). The summed E-state index contributed by atoms with van der Waals surface area (Å²) in [6, 6.07) is 3.76. The molecule has 3 aliphatic rings. The summed E-state index contributed by atoms with van der Waals surface area (Å²) in [5.41, 5.74) is 20.2. The van der Waals surface area contributed by atoms with Gasteiger partial charge in [-0.25, -0.2) is 9.82 Å². The first-order valence-electron chi connectivity index (χ1n) is 14.6. The third kappa shape index (κ3) is 8.40. The Morgan fingerprint density at radius 2 is 1.62 bits per heavy atom. The van der Waals surface area contributed by atoms with Gasteiger partial charge in [0, 0.05) is 64.6 Å². The molecule has 1 aromatic carbocycles. The van der Waals surface area contributed by atoms with Crippen LogP contribution in [0.15, 0.2) is 12.1 Å². The zero-order valence-corrected chi connectivity index (χ0v) is 23.3. The molecule has 2 saturated carbocycles. The van der Waals surface area contributed by atoms with Crippen LogP contribution in [0.3, 0.4) is 0 Å². The molecule has 0 amide bonds. The fraction of sp³-hybridized carbons (Fsp3) is 0.750. The zero-order valence-electron chi connectivity index (χ0n) is 22.5. The fourth-order valence-electron chi connectivity index (χ4n) is 6.55. The van der Waals surface area contributed by atoms with Gasteiger partial charge in [0.1, 0.15) is 5.82 Å². The molecule has 1 aliphatic heterocycles. The van der Waals surface area contributed by atoms with Gasteiger partial charge in [0.2, 0.25) is 0 Å². The van der Waals surface area contributed by atoms with Crippen molar-refractivity contribution in [3.05, 3.63) is 23.5 Å². The highest BCUT2D eigenvalue weighted by atomic mass is 32.1. The lowest BCUT2D eigenvalue weighted by molar-refractivity contribution is 0.191. The number of nitrogens with zero attached hydrogens (tertiary/aromatic N) is 3. The van der Waals surface area contributed by atoms with E-state index in [4.69, 9.17) is 23.7 Å². The minimum atomic E-state index is -0.165. The van der Waals surface area contributed by atoms with E-state index in [2.05, 4.69) is 31.6 Å². The van der Waals surface area contributed by atoms with Crippen LogP contribution < -0.4 is 32.1 Å². The topological polar surface area (TPSA) is 85.8 Å². The number of anilines is 2. The Hall–Kier alpha value is -1.68. The van der Waals surface area contributed by atoms with Crippen LogP contribution >= 0.6 is 12.2 Å². The van der Waals surface area contributed by atoms with E-state index in [0.29, 0.717) is 24.7 Å². The second-order valence-corrected chi connectivity index (χ2v) is 11.7. The molecule has 1 saturated heterocycles. The number of piperazine rings is 1. The molecule has 0 radical (unpaired) electrons. The van der Waals surface area contributed by atoms with Crippen LogP contribution in [0.2, 0.25) is 0 Å². The van der Waals surface area contributed by atoms with Gasteiger partial charge >= 0.3 is 0 Å². The summed E-state index contributed by atoms with van der Waals surface area (Å²) in [7, 11) is 0. The first-order valence-corrected chi connectivity index (χ1v) is 15.0. The van der Waals surface area contributed by atoms with E-state index in [9.17, 15) is 0 Å². The third-order valence-corrected chi connectivity index (χ3v) is 8.64. The van der Waals surface area contributed by atoms with Crippen LogP contribution in [0.25, 0.3) is 0 Å². The maximum Gasteiger partial charge on any atom is 0.178 e. The number of hydrazine groups is 1. The molecule has 0 bridgehead atoms. The van der Waals surface area contributed by atoms with E-state index in [-0.39, 0.29) is 10.9 Å². The Bertz CT molecular complexity index is 849. The monoisotopic (exact) mass is 533 g/mol.